The fourth-order valence-corrected chi connectivity index (χ4v) is 0.431. The minimum absolute atomic E-state index is 0.358. The third-order valence-electron chi connectivity index (χ3n) is 0.771. The van der Waals surface area contributed by atoms with Crippen LogP contribution in [0.2, 0.25) is 0 Å². The van der Waals surface area contributed by atoms with E-state index in [1.165, 1.54) is 0 Å². The van der Waals surface area contributed by atoms with Crippen LogP contribution in [0, 0.1) is 13.0 Å². The summed E-state index contributed by atoms with van der Waals surface area (Å²) in [5, 5.41) is 0. The molecule has 0 aliphatic carbocycles. The quantitative estimate of drug-likeness (QED) is 0.457. The Kier molecular flexibility index (Phi) is 0.828. The molecule has 0 heterocycles. The fraction of sp³-hybridized carbons (Fsp3) is 0.143. The minimum Gasteiger partial charge on any atom is -0.0614 e. The van der Waals surface area contributed by atoms with Crippen LogP contribution in [-0.2, 0) is 0 Å². The molecule has 0 nitrogen and oxygen atoms in total. The van der Waals surface area contributed by atoms with E-state index in [4.69, 9.17) is 1.37 Å². The number of hydrogen-bond acceptors (Lipinski definition) is 0. The Balaban J connectivity index is 2.83. The van der Waals surface area contributed by atoms with E-state index < -0.39 is 0 Å². The monoisotopic (exact) mass is 92.1 g/mol. The van der Waals surface area contributed by atoms with Gasteiger partial charge in [-0.1, -0.05) is 29.8 Å². The second kappa shape index (κ2) is 1.78. The third-order valence-corrected chi connectivity index (χ3v) is 0.771. The molecule has 0 aliphatic rings. The molecule has 1 rings (SSSR count). The van der Waals surface area contributed by atoms with Crippen molar-refractivity contribution in [2.24, 2.45) is 0 Å². The van der Waals surface area contributed by atoms with Crippen molar-refractivity contribution in [3.8, 4) is 0 Å². The highest BCUT2D eigenvalue weighted by Crippen LogP contribution is 1.91. The molecule has 0 atom stereocenters. The van der Waals surface area contributed by atoms with E-state index in [0.717, 1.165) is 5.56 Å². The number of benzene rings is 1. The van der Waals surface area contributed by atoms with Crippen LogP contribution < -0.4 is 0 Å². The lowest BCUT2D eigenvalue weighted by Gasteiger charge is -1.82. The smallest absolute Gasteiger partial charge is 0.0280 e. The van der Waals surface area contributed by atoms with Crippen LogP contribution in [-0.4, -0.2) is 0 Å². The molecule has 1 radical (unpaired) electrons. The van der Waals surface area contributed by atoms with Crippen LogP contribution in [0.5, 0.6) is 0 Å². The third kappa shape index (κ3) is 1.04. The zero-order chi connectivity index (χ0) is 5.82. The maximum absolute atomic E-state index is 6.92. The zero-order valence-electron chi connectivity index (χ0n) is 5.02. The molecule has 0 unspecified atom stereocenters. The molecule has 0 saturated carbocycles. The summed E-state index contributed by atoms with van der Waals surface area (Å²) < 4.78 is 6.92. The van der Waals surface area contributed by atoms with Gasteiger partial charge in [0.15, 0.2) is 0 Å². The van der Waals surface area contributed by atoms with Crippen LogP contribution >= 0.6 is 0 Å². The average Bonchev–Trinajstić information content (AvgIpc) is 1.90. The van der Waals surface area contributed by atoms with Gasteiger partial charge in [0.1, 0.15) is 0 Å². The summed E-state index contributed by atoms with van der Waals surface area (Å²) in [6, 6.07) is 10.4. The highest BCUT2D eigenvalue weighted by Gasteiger charge is 1.72. The molecule has 0 bridgehead atoms. The first-order valence-corrected chi connectivity index (χ1v) is 2.17. The van der Waals surface area contributed by atoms with E-state index in [1.54, 1.807) is 0 Å². The molecule has 0 heteroatoms. The van der Waals surface area contributed by atoms with Crippen LogP contribution in [0.3, 0.4) is 0 Å². The normalized spacial score (nSPS) is 10.6. The topological polar surface area (TPSA) is 0 Å². The summed E-state index contributed by atoms with van der Waals surface area (Å²) in [6.07, 6.45) is 0. The first-order valence-electron chi connectivity index (χ1n) is 2.88. The van der Waals surface area contributed by atoms with Crippen molar-refractivity contribution >= 4 is 0 Å². The van der Waals surface area contributed by atoms with E-state index >= 15 is 0 Å². The van der Waals surface area contributed by atoms with Gasteiger partial charge in [0.25, 0.3) is 0 Å². The standard InChI is InChI=1S/C7H7/c1-7-5-3-2-4-6-7/h2-3,5-6H,1H3/i1D. The van der Waals surface area contributed by atoms with Crippen LogP contribution in [0.25, 0.3) is 0 Å². The Labute approximate surface area is 45.2 Å². The van der Waals surface area contributed by atoms with Crippen molar-refractivity contribution in [1.82, 2.24) is 0 Å². The largest absolute Gasteiger partial charge is 0.0614 e. The van der Waals surface area contributed by atoms with E-state index in [1.807, 2.05) is 24.3 Å². The highest BCUT2D eigenvalue weighted by molar-refractivity contribution is 5.10. The lowest BCUT2D eigenvalue weighted by atomic mass is 10.2. The van der Waals surface area contributed by atoms with Gasteiger partial charge in [0.2, 0.25) is 0 Å². The molecular formula is C7H7. The number of hydrogen-bond donors (Lipinski definition) is 0. The molecule has 0 aliphatic heterocycles. The average molecular weight is 92.1 g/mol. The Bertz CT molecular complexity index is 146. The van der Waals surface area contributed by atoms with Crippen molar-refractivity contribution in [2.45, 2.75) is 6.90 Å². The van der Waals surface area contributed by atoms with Gasteiger partial charge >= 0.3 is 0 Å². The first kappa shape index (κ1) is 3.25. The minimum atomic E-state index is 0.358. The molecule has 0 aromatic heterocycles. The molecular weight excluding hydrogens is 84.1 g/mol. The lowest BCUT2D eigenvalue weighted by Crippen LogP contribution is -1.63. The first-order chi connectivity index (χ1) is 3.93. The van der Waals surface area contributed by atoms with Crippen molar-refractivity contribution < 1.29 is 1.37 Å². The van der Waals surface area contributed by atoms with Crippen molar-refractivity contribution in [2.75, 3.05) is 0 Å². The summed E-state index contributed by atoms with van der Waals surface area (Å²) >= 11 is 0. The number of aryl methyl sites for hydroxylation is 1. The Hall–Kier alpha value is -0.780. The van der Waals surface area contributed by atoms with Crippen LogP contribution in [0.1, 0.15) is 6.93 Å². The second-order valence-corrected chi connectivity index (χ2v) is 1.41. The molecule has 0 amide bonds. The van der Waals surface area contributed by atoms with Crippen molar-refractivity contribution in [3.05, 3.63) is 35.9 Å². The molecule has 7 heavy (non-hydrogen) atoms. The molecule has 1 aromatic carbocycles. The fourth-order valence-electron chi connectivity index (χ4n) is 0.431. The van der Waals surface area contributed by atoms with Gasteiger partial charge in [-0.15, -0.1) is 0 Å². The molecule has 1 aromatic rings. The zero-order valence-corrected chi connectivity index (χ0v) is 4.02. The van der Waals surface area contributed by atoms with Crippen molar-refractivity contribution in [3.63, 3.8) is 0 Å². The van der Waals surface area contributed by atoms with Gasteiger partial charge in [0, 0.05) is 1.37 Å². The van der Waals surface area contributed by atoms with Gasteiger partial charge in [-0.25, -0.2) is 0 Å². The number of rotatable bonds is 0. The predicted molar refractivity (Wildman–Crippen MR) is 30.0 cm³/mol. The molecule has 35 valence electrons. The summed E-state index contributed by atoms with van der Waals surface area (Å²) in [4.78, 5) is 0. The van der Waals surface area contributed by atoms with Crippen LogP contribution in [0.15, 0.2) is 24.3 Å². The summed E-state index contributed by atoms with van der Waals surface area (Å²) in [6.45, 7) is 0.358. The molecule has 0 saturated heterocycles. The SMILES string of the molecule is [2H]Cc1c[c]ccc1. The predicted octanol–water partition coefficient (Wildman–Crippen LogP) is 1.80. The molecule has 0 spiro atoms. The van der Waals surface area contributed by atoms with Gasteiger partial charge in [-0.3, -0.25) is 0 Å². The lowest BCUT2D eigenvalue weighted by molar-refractivity contribution is 1.47. The molecule has 0 N–H and O–H groups in total. The van der Waals surface area contributed by atoms with Gasteiger partial charge in [-0.2, -0.15) is 0 Å². The maximum Gasteiger partial charge on any atom is 0.0280 e. The van der Waals surface area contributed by atoms with E-state index in [2.05, 4.69) is 6.07 Å². The molecule has 0 fully saturated rings. The second-order valence-electron chi connectivity index (χ2n) is 1.41. The summed E-state index contributed by atoms with van der Waals surface area (Å²) in [5.41, 5.74) is 1.02. The highest BCUT2D eigenvalue weighted by atomic mass is 13.8. The Morgan fingerprint density at radius 3 is 3.29 bits per heavy atom. The van der Waals surface area contributed by atoms with E-state index in [9.17, 15) is 0 Å². The Morgan fingerprint density at radius 2 is 2.86 bits per heavy atom. The summed E-state index contributed by atoms with van der Waals surface area (Å²) in [5.74, 6) is 0. The van der Waals surface area contributed by atoms with Crippen molar-refractivity contribution in [1.29, 1.82) is 0 Å². The van der Waals surface area contributed by atoms with Gasteiger partial charge in [-0.05, 0) is 13.0 Å². The van der Waals surface area contributed by atoms with E-state index in [0.29, 0.717) is 6.90 Å². The van der Waals surface area contributed by atoms with E-state index in [-0.39, 0.29) is 0 Å². The Morgan fingerprint density at radius 1 is 1.86 bits per heavy atom. The van der Waals surface area contributed by atoms with Gasteiger partial charge in [0.05, 0.1) is 0 Å². The summed E-state index contributed by atoms with van der Waals surface area (Å²) in [7, 11) is 0. The maximum atomic E-state index is 6.92. The van der Waals surface area contributed by atoms with Crippen LogP contribution in [0.4, 0.5) is 0 Å². The van der Waals surface area contributed by atoms with Gasteiger partial charge < -0.3 is 0 Å².